The van der Waals surface area contributed by atoms with E-state index in [1.165, 1.54) is 0 Å². The molecule has 1 heterocycles. The van der Waals surface area contributed by atoms with Crippen molar-refractivity contribution in [3.05, 3.63) is 0 Å². The number of nitriles is 1. The van der Waals surface area contributed by atoms with Crippen LogP contribution in [0.1, 0.15) is 19.8 Å². The van der Waals surface area contributed by atoms with Crippen molar-refractivity contribution in [3.63, 3.8) is 0 Å². The van der Waals surface area contributed by atoms with E-state index in [1.54, 1.807) is 0 Å². The van der Waals surface area contributed by atoms with Gasteiger partial charge in [-0.3, -0.25) is 5.32 Å². The molecule has 6 heteroatoms. The van der Waals surface area contributed by atoms with Crippen LogP contribution in [-0.4, -0.2) is 42.8 Å². The van der Waals surface area contributed by atoms with Crippen molar-refractivity contribution < 1.29 is 13.2 Å². The fourth-order valence-electron chi connectivity index (χ4n) is 1.85. The number of rotatable bonds is 3. The van der Waals surface area contributed by atoms with Crippen molar-refractivity contribution in [3.8, 4) is 6.07 Å². The largest absolute Gasteiger partial charge is 0.401 e. The van der Waals surface area contributed by atoms with Crippen LogP contribution in [0.5, 0.6) is 0 Å². The molecule has 0 aromatic heterocycles. The lowest BCUT2D eigenvalue weighted by Crippen LogP contribution is -2.54. The fourth-order valence-corrected chi connectivity index (χ4v) is 1.85. The minimum absolute atomic E-state index is 0.452. The van der Waals surface area contributed by atoms with Gasteiger partial charge in [0.15, 0.2) is 0 Å². The molecule has 0 unspecified atom stereocenters. The molecular weight excluding hydrogens is 219 g/mol. The van der Waals surface area contributed by atoms with Crippen LogP contribution in [0.15, 0.2) is 0 Å². The second kappa shape index (κ2) is 5.02. The van der Waals surface area contributed by atoms with Crippen LogP contribution in [0.25, 0.3) is 0 Å². The Bertz CT molecular complexity index is 261. The summed E-state index contributed by atoms with van der Waals surface area (Å²) in [5, 5.41) is 11.4. The Morgan fingerprint density at radius 3 is 2.31 bits per heavy atom. The number of likely N-dealkylation sites (tertiary alicyclic amines) is 1. The molecule has 0 amide bonds. The molecule has 1 saturated heterocycles. The highest BCUT2D eigenvalue weighted by molar-refractivity contribution is 5.09. The summed E-state index contributed by atoms with van der Waals surface area (Å²) in [6.45, 7) is 3.14. The lowest BCUT2D eigenvalue weighted by atomic mass is 9.89. The number of alkyl halides is 3. The fraction of sp³-hybridized carbons (Fsp3) is 0.900. The first-order valence-corrected chi connectivity index (χ1v) is 5.36. The van der Waals surface area contributed by atoms with Crippen LogP contribution < -0.4 is 5.32 Å². The zero-order valence-corrected chi connectivity index (χ0v) is 9.27. The first-order valence-electron chi connectivity index (χ1n) is 5.36. The predicted octanol–water partition coefficient (Wildman–Crippen LogP) is 1.52. The molecular formula is C10H16F3N3. The predicted molar refractivity (Wildman–Crippen MR) is 53.7 cm³/mol. The summed E-state index contributed by atoms with van der Waals surface area (Å²) in [7, 11) is 0. The Hall–Kier alpha value is -0.800. The van der Waals surface area contributed by atoms with E-state index in [2.05, 4.69) is 10.2 Å². The molecule has 1 rings (SSSR count). The summed E-state index contributed by atoms with van der Waals surface area (Å²) in [6, 6.07) is 2.00. The standard InChI is InChI=1S/C10H16F3N3/c1-2-16-5-3-9(7-14,4-6-16)15-8-10(11,12)13/h15H,2-6,8H2,1H3. The molecule has 92 valence electrons. The quantitative estimate of drug-likeness (QED) is 0.806. The summed E-state index contributed by atoms with van der Waals surface area (Å²) in [5.74, 6) is 0. The number of piperidine rings is 1. The van der Waals surface area contributed by atoms with Crippen molar-refractivity contribution in [2.75, 3.05) is 26.2 Å². The van der Waals surface area contributed by atoms with E-state index < -0.39 is 18.3 Å². The Morgan fingerprint density at radius 1 is 1.38 bits per heavy atom. The second-order valence-electron chi connectivity index (χ2n) is 4.10. The summed E-state index contributed by atoms with van der Waals surface area (Å²) < 4.78 is 36.2. The minimum atomic E-state index is -4.26. The third-order valence-electron chi connectivity index (χ3n) is 3.00. The van der Waals surface area contributed by atoms with Crippen LogP contribution in [0.4, 0.5) is 13.2 Å². The van der Waals surface area contributed by atoms with Gasteiger partial charge in [0, 0.05) is 13.1 Å². The molecule has 1 N–H and O–H groups in total. The molecule has 0 aliphatic carbocycles. The van der Waals surface area contributed by atoms with Crippen molar-refractivity contribution in [1.29, 1.82) is 5.26 Å². The lowest BCUT2D eigenvalue weighted by Gasteiger charge is -2.37. The van der Waals surface area contributed by atoms with Crippen LogP contribution in [0, 0.1) is 11.3 Å². The van der Waals surface area contributed by atoms with Crippen molar-refractivity contribution in [1.82, 2.24) is 10.2 Å². The van der Waals surface area contributed by atoms with Crippen molar-refractivity contribution in [2.45, 2.75) is 31.5 Å². The number of hydrogen-bond acceptors (Lipinski definition) is 3. The number of hydrogen-bond donors (Lipinski definition) is 1. The highest BCUT2D eigenvalue weighted by Crippen LogP contribution is 2.23. The summed E-state index contributed by atoms with van der Waals surface area (Å²) in [5.41, 5.74) is -0.999. The SMILES string of the molecule is CCN1CCC(C#N)(NCC(F)(F)F)CC1. The van der Waals surface area contributed by atoms with E-state index in [4.69, 9.17) is 5.26 Å². The summed E-state index contributed by atoms with van der Waals surface area (Å²) in [4.78, 5) is 2.13. The molecule has 1 fully saturated rings. The highest BCUT2D eigenvalue weighted by atomic mass is 19.4. The molecule has 0 aromatic rings. The highest BCUT2D eigenvalue weighted by Gasteiger charge is 2.38. The molecule has 1 aliphatic rings. The maximum absolute atomic E-state index is 12.1. The zero-order valence-electron chi connectivity index (χ0n) is 9.27. The molecule has 16 heavy (non-hydrogen) atoms. The third-order valence-corrected chi connectivity index (χ3v) is 3.00. The van der Waals surface area contributed by atoms with E-state index in [1.807, 2.05) is 13.0 Å². The third kappa shape index (κ3) is 3.65. The molecule has 0 radical (unpaired) electrons. The van der Waals surface area contributed by atoms with Gasteiger partial charge in [-0.15, -0.1) is 0 Å². The van der Waals surface area contributed by atoms with Crippen molar-refractivity contribution in [2.24, 2.45) is 0 Å². The first-order chi connectivity index (χ1) is 7.41. The van der Waals surface area contributed by atoms with Gasteiger partial charge in [0.1, 0.15) is 5.54 Å². The van der Waals surface area contributed by atoms with Gasteiger partial charge in [-0.25, -0.2) is 0 Å². The number of nitrogens with zero attached hydrogens (tertiary/aromatic N) is 2. The van der Waals surface area contributed by atoms with Crippen LogP contribution in [0.3, 0.4) is 0 Å². The summed E-state index contributed by atoms with van der Waals surface area (Å²) in [6.07, 6.45) is -3.35. The maximum atomic E-state index is 12.1. The monoisotopic (exact) mass is 235 g/mol. The zero-order chi connectivity index (χ0) is 12.2. The van der Waals surface area contributed by atoms with Gasteiger partial charge in [-0.05, 0) is 19.4 Å². The number of halogens is 3. The minimum Gasteiger partial charge on any atom is -0.303 e. The lowest BCUT2D eigenvalue weighted by molar-refractivity contribution is -0.128. The van der Waals surface area contributed by atoms with Crippen LogP contribution in [-0.2, 0) is 0 Å². The van der Waals surface area contributed by atoms with E-state index in [0.29, 0.717) is 25.9 Å². The summed E-state index contributed by atoms with van der Waals surface area (Å²) >= 11 is 0. The van der Waals surface area contributed by atoms with E-state index in [9.17, 15) is 13.2 Å². The van der Waals surface area contributed by atoms with Gasteiger partial charge in [-0.2, -0.15) is 18.4 Å². The average molecular weight is 235 g/mol. The van der Waals surface area contributed by atoms with Gasteiger partial charge in [0.25, 0.3) is 0 Å². The molecule has 1 aliphatic heterocycles. The van der Waals surface area contributed by atoms with Gasteiger partial charge >= 0.3 is 6.18 Å². The normalized spacial score (nSPS) is 21.7. The first kappa shape index (κ1) is 13.3. The molecule has 0 bridgehead atoms. The Morgan fingerprint density at radius 2 is 1.94 bits per heavy atom. The van der Waals surface area contributed by atoms with Gasteiger partial charge < -0.3 is 4.90 Å². The van der Waals surface area contributed by atoms with Gasteiger partial charge in [0.05, 0.1) is 12.6 Å². The van der Waals surface area contributed by atoms with Gasteiger partial charge in [0.2, 0.25) is 0 Å². The van der Waals surface area contributed by atoms with E-state index >= 15 is 0 Å². The second-order valence-corrected chi connectivity index (χ2v) is 4.10. The molecule has 0 saturated carbocycles. The Balaban J connectivity index is 2.51. The van der Waals surface area contributed by atoms with Crippen LogP contribution in [0.2, 0.25) is 0 Å². The Labute approximate surface area is 93.2 Å². The maximum Gasteiger partial charge on any atom is 0.401 e. The molecule has 0 spiro atoms. The number of nitrogens with one attached hydrogen (secondary N) is 1. The molecule has 0 aromatic carbocycles. The Kier molecular flexibility index (Phi) is 4.16. The molecule has 3 nitrogen and oxygen atoms in total. The smallest absolute Gasteiger partial charge is 0.303 e. The van der Waals surface area contributed by atoms with E-state index in [0.717, 1.165) is 6.54 Å². The molecule has 0 atom stereocenters. The van der Waals surface area contributed by atoms with E-state index in [-0.39, 0.29) is 0 Å². The van der Waals surface area contributed by atoms with Crippen LogP contribution >= 0.6 is 0 Å². The topological polar surface area (TPSA) is 39.1 Å². The van der Waals surface area contributed by atoms with Gasteiger partial charge in [-0.1, -0.05) is 6.92 Å². The average Bonchev–Trinajstić information content (AvgIpc) is 2.26. The van der Waals surface area contributed by atoms with Crippen molar-refractivity contribution >= 4 is 0 Å².